The number of hydrogen-bond acceptors (Lipinski definition) is 7. The Morgan fingerprint density at radius 3 is 2.72 bits per heavy atom. The van der Waals surface area contributed by atoms with E-state index in [0.717, 1.165) is 25.9 Å². The molecule has 29 heavy (non-hydrogen) atoms. The van der Waals surface area contributed by atoms with E-state index in [1.807, 2.05) is 0 Å². The molecule has 2 aromatic rings. The second-order valence-electron chi connectivity index (χ2n) is 6.77. The Balaban J connectivity index is 1.71. The van der Waals surface area contributed by atoms with Gasteiger partial charge in [-0.1, -0.05) is 17.0 Å². The summed E-state index contributed by atoms with van der Waals surface area (Å²) >= 11 is 6.03. The Hall–Kier alpha value is -2.16. The summed E-state index contributed by atoms with van der Waals surface area (Å²) in [5.74, 6) is 0.662. The highest BCUT2D eigenvalue weighted by atomic mass is 35.5. The number of nitrogens with zero attached hydrogens (tertiary/aromatic N) is 3. The zero-order valence-electron chi connectivity index (χ0n) is 16.8. The number of nitrogens with two attached hydrogens (primary N) is 1. The summed E-state index contributed by atoms with van der Waals surface area (Å²) in [4.78, 5) is 21.5. The first-order chi connectivity index (χ1) is 13.9. The number of rotatable bonds is 6. The molecule has 9 heteroatoms. The van der Waals surface area contributed by atoms with Gasteiger partial charge in [0.15, 0.2) is 0 Å². The van der Waals surface area contributed by atoms with Crippen molar-refractivity contribution in [1.82, 2.24) is 14.3 Å². The van der Waals surface area contributed by atoms with E-state index in [-0.39, 0.29) is 33.9 Å². The van der Waals surface area contributed by atoms with Gasteiger partial charge in [-0.25, -0.2) is 4.98 Å². The molecule has 0 bridgehead atoms. The van der Waals surface area contributed by atoms with Gasteiger partial charge >= 0.3 is 0 Å². The fraction of sp³-hybridized carbons (Fsp3) is 0.400. The minimum absolute atomic E-state index is 0.127. The van der Waals surface area contributed by atoms with Crippen LogP contribution in [0.3, 0.4) is 0 Å². The van der Waals surface area contributed by atoms with Crippen LogP contribution in [0.1, 0.15) is 35.7 Å². The van der Waals surface area contributed by atoms with Crippen molar-refractivity contribution in [3.05, 3.63) is 40.5 Å². The maximum absolute atomic E-state index is 12.9. The highest BCUT2D eigenvalue weighted by molar-refractivity contribution is 8.12. The predicted molar refractivity (Wildman–Crippen MR) is 121 cm³/mol. The van der Waals surface area contributed by atoms with Gasteiger partial charge in [-0.3, -0.25) is 9.10 Å². The first kappa shape index (κ1) is 21.5. The van der Waals surface area contributed by atoms with Crippen molar-refractivity contribution in [3.8, 4) is 5.75 Å². The third-order valence-electron chi connectivity index (χ3n) is 5.00. The fourth-order valence-corrected chi connectivity index (χ4v) is 4.52. The van der Waals surface area contributed by atoms with Crippen molar-refractivity contribution in [3.63, 3.8) is 0 Å². The number of aromatic nitrogens is 2. The fourth-order valence-electron chi connectivity index (χ4n) is 3.26. The summed E-state index contributed by atoms with van der Waals surface area (Å²) in [7, 11) is 1.71. The molecule has 3 N–H and O–H groups in total. The van der Waals surface area contributed by atoms with Crippen LogP contribution in [0.5, 0.6) is 5.75 Å². The molecule has 0 saturated carbocycles. The second-order valence-corrected chi connectivity index (χ2v) is 9.24. The first-order valence-electron chi connectivity index (χ1n) is 9.39. The number of carbonyl (C=O) groups is 1. The highest BCUT2D eigenvalue weighted by Gasteiger charge is 2.22. The molecule has 1 atom stereocenters. The number of methoxy groups -OCH3 is 1. The first-order valence-corrected chi connectivity index (χ1v) is 11.4. The average molecular weight is 436 g/mol. The quantitative estimate of drug-likeness (QED) is 0.530. The van der Waals surface area contributed by atoms with E-state index in [4.69, 9.17) is 22.1 Å². The molecule has 1 fully saturated rings. The van der Waals surface area contributed by atoms with Crippen molar-refractivity contribution in [2.24, 2.45) is 0 Å². The van der Waals surface area contributed by atoms with Crippen molar-refractivity contribution in [2.75, 3.05) is 37.5 Å². The van der Waals surface area contributed by atoms with Crippen LogP contribution in [0.4, 0.5) is 11.8 Å². The minimum atomic E-state index is -0.326. The van der Waals surface area contributed by atoms with Gasteiger partial charge in [-0.15, -0.1) is 10.7 Å². The van der Waals surface area contributed by atoms with Crippen LogP contribution in [0.2, 0.25) is 5.02 Å². The van der Waals surface area contributed by atoms with Gasteiger partial charge in [-0.05, 0) is 44.2 Å². The van der Waals surface area contributed by atoms with Crippen molar-refractivity contribution in [2.45, 2.75) is 25.8 Å². The standard InChI is InChI=1S/C20H26ClN5O2S/c1-4-29(3)26-9-7-14(8-10-26)24-20-23-12-16(19(22)25-20)18(27)15-11-13(21)5-6-17(15)28-2/h4-6,11-12,14H,7-10H2,1-3H3,(H3,22,23,24,25). The topological polar surface area (TPSA) is 93.4 Å². The summed E-state index contributed by atoms with van der Waals surface area (Å²) in [6.45, 7) is 4.16. The lowest BCUT2D eigenvalue weighted by atomic mass is 10.0. The number of anilines is 2. The molecule has 1 aromatic carbocycles. The lowest BCUT2D eigenvalue weighted by Crippen LogP contribution is -2.36. The van der Waals surface area contributed by atoms with Gasteiger partial charge in [0.25, 0.3) is 0 Å². The number of carbonyl (C=O) groups excluding carboxylic acids is 1. The van der Waals surface area contributed by atoms with Gasteiger partial charge in [0.2, 0.25) is 11.7 Å². The van der Waals surface area contributed by atoms with Gasteiger partial charge in [-0.2, -0.15) is 4.98 Å². The molecule has 1 aromatic heterocycles. The maximum Gasteiger partial charge on any atom is 0.224 e. The van der Waals surface area contributed by atoms with Crippen LogP contribution < -0.4 is 15.8 Å². The molecule has 1 aliphatic rings. The molecule has 0 aliphatic carbocycles. The number of ether oxygens (including phenoxy) is 1. The van der Waals surface area contributed by atoms with Gasteiger partial charge in [0, 0.05) is 30.4 Å². The SMILES string of the molecule is C/C=S(/C)N1CCC(Nc2ncc(C(=O)c3cc(Cl)ccc3OC)c(N)n2)CC1. The van der Waals surface area contributed by atoms with Gasteiger partial charge in [0.1, 0.15) is 11.6 Å². The minimum Gasteiger partial charge on any atom is -0.496 e. The van der Waals surface area contributed by atoms with Gasteiger partial charge < -0.3 is 15.8 Å². The third-order valence-corrected chi connectivity index (χ3v) is 7.10. The molecular formula is C20H26ClN5O2S. The molecule has 156 valence electrons. The number of ketones is 1. The summed E-state index contributed by atoms with van der Waals surface area (Å²) in [5, 5.41) is 6.02. The van der Waals surface area contributed by atoms with Gasteiger partial charge in [0.05, 0.1) is 18.2 Å². The monoisotopic (exact) mass is 435 g/mol. The average Bonchev–Trinajstić information content (AvgIpc) is 2.73. The Kier molecular flexibility index (Phi) is 7.10. The van der Waals surface area contributed by atoms with Crippen LogP contribution in [0.15, 0.2) is 24.4 Å². The Bertz CT molecular complexity index is 929. The number of piperidine rings is 1. The number of nitrogen functional groups attached to an aromatic ring is 1. The molecule has 0 spiro atoms. The largest absolute Gasteiger partial charge is 0.496 e. The van der Waals surface area contributed by atoms with E-state index in [0.29, 0.717) is 22.3 Å². The van der Waals surface area contributed by atoms with Crippen molar-refractivity contribution >= 4 is 45.2 Å². The van der Waals surface area contributed by atoms with Crippen LogP contribution in [-0.4, -0.2) is 57.9 Å². The smallest absolute Gasteiger partial charge is 0.224 e. The van der Waals surface area contributed by atoms with Crippen molar-refractivity contribution in [1.29, 1.82) is 0 Å². The lowest BCUT2D eigenvalue weighted by Gasteiger charge is -2.33. The summed E-state index contributed by atoms with van der Waals surface area (Å²) in [5.41, 5.74) is 6.62. The number of benzene rings is 1. The van der Waals surface area contributed by atoms with Crippen LogP contribution >= 0.6 is 22.3 Å². The van der Waals surface area contributed by atoms with E-state index in [1.54, 1.807) is 18.2 Å². The normalized spacial score (nSPS) is 16.6. The summed E-state index contributed by atoms with van der Waals surface area (Å²) < 4.78 is 7.74. The van der Waals surface area contributed by atoms with Crippen molar-refractivity contribution < 1.29 is 9.53 Å². The van der Waals surface area contributed by atoms with E-state index in [1.165, 1.54) is 13.3 Å². The lowest BCUT2D eigenvalue weighted by molar-refractivity contribution is 0.103. The molecule has 0 radical (unpaired) electrons. The zero-order chi connectivity index (χ0) is 21.0. The number of nitrogens with one attached hydrogen (secondary N) is 1. The van der Waals surface area contributed by atoms with Crippen LogP contribution in [0, 0.1) is 0 Å². The molecule has 1 unspecified atom stereocenters. The van der Waals surface area contributed by atoms with E-state index in [2.05, 4.69) is 38.1 Å². The molecule has 1 saturated heterocycles. The molecular weight excluding hydrogens is 410 g/mol. The van der Waals surface area contributed by atoms with E-state index >= 15 is 0 Å². The number of halogens is 1. The molecule has 3 rings (SSSR count). The highest BCUT2D eigenvalue weighted by Crippen LogP contribution is 2.27. The van der Waals surface area contributed by atoms with Crippen LogP contribution in [0.25, 0.3) is 0 Å². The maximum atomic E-state index is 12.9. The summed E-state index contributed by atoms with van der Waals surface area (Å²) in [6, 6.07) is 5.15. The Morgan fingerprint density at radius 2 is 2.10 bits per heavy atom. The van der Waals surface area contributed by atoms with E-state index in [9.17, 15) is 4.79 Å². The molecule has 1 aliphatic heterocycles. The van der Waals surface area contributed by atoms with Crippen LogP contribution in [-0.2, 0) is 0 Å². The van der Waals surface area contributed by atoms with E-state index < -0.39 is 0 Å². The third kappa shape index (κ3) is 5.07. The zero-order valence-corrected chi connectivity index (χ0v) is 18.4. The number of hydrogen-bond donors (Lipinski definition) is 2. The molecule has 2 heterocycles. The second kappa shape index (κ2) is 9.56. The predicted octanol–water partition coefficient (Wildman–Crippen LogP) is 3.46. The molecule has 7 nitrogen and oxygen atoms in total. The molecule has 0 amide bonds. The Morgan fingerprint density at radius 1 is 1.38 bits per heavy atom. The Labute approximate surface area is 178 Å². The summed E-state index contributed by atoms with van der Waals surface area (Å²) in [6.07, 6.45) is 5.71.